The third-order valence-electron chi connectivity index (χ3n) is 6.34. The lowest BCUT2D eigenvalue weighted by atomic mass is 9.89. The Labute approximate surface area is 176 Å². The number of rotatable bonds is 3. The van der Waals surface area contributed by atoms with Crippen LogP contribution in [0.1, 0.15) is 37.3 Å². The molecule has 5 rings (SSSR count). The van der Waals surface area contributed by atoms with Crippen LogP contribution in [0, 0.1) is 17.5 Å². The number of halogens is 3. The molecule has 4 heterocycles. The Balaban J connectivity index is 1.33. The standard InChI is InChI=1S/C21H21F3N4O3/c1-30-18-15(24)11-25-20(26-18)27-6-4-21(5-7-27)19(29)28-16(2-3-17(28)31-21)12-8-13(22)10-14(23)9-12/h8-11,16-17H,2-7H2,1H3/t16-,17+/m0/s1. The minimum absolute atomic E-state index is 0.135. The van der Waals surface area contributed by atoms with Crippen molar-refractivity contribution in [2.45, 2.75) is 43.6 Å². The first kappa shape index (κ1) is 20.0. The van der Waals surface area contributed by atoms with Crippen LogP contribution in [0.5, 0.6) is 5.88 Å². The van der Waals surface area contributed by atoms with Crippen LogP contribution in [0.15, 0.2) is 24.4 Å². The summed E-state index contributed by atoms with van der Waals surface area (Å²) in [4.78, 5) is 25.0. The van der Waals surface area contributed by atoms with E-state index in [4.69, 9.17) is 9.47 Å². The summed E-state index contributed by atoms with van der Waals surface area (Å²) in [7, 11) is 1.33. The molecule has 2 aromatic rings. The largest absolute Gasteiger partial charge is 0.479 e. The van der Waals surface area contributed by atoms with Gasteiger partial charge < -0.3 is 19.3 Å². The second kappa shape index (κ2) is 7.37. The molecule has 3 aliphatic rings. The maximum atomic E-state index is 13.7. The average Bonchev–Trinajstić information content (AvgIpc) is 3.27. The van der Waals surface area contributed by atoms with Crippen molar-refractivity contribution in [3.05, 3.63) is 47.4 Å². The molecule has 1 aromatic carbocycles. The van der Waals surface area contributed by atoms with Crippen molar-refractivity contribution >= 4 is 11.9 Å². The zero-order valence-electron chi connectivity index (χ0n) is 16.9. The molecule has 31 heavy (non-hydrogen) atoms. The number of benzene rings is 1. The molecule has 3 aliphatic heterocycles. The van der Waals surface area contributed by atoms with Gasteiger partial charge in [0.05, 0.1) is 19.3 Å². The van der Waals surface area contributed by atoms with Gasteiger partial charge in [-0.1, -0.05) is 0 Å². The number of piperidine rings is 1. The second-order valence-corrected chi connectivity index (χ2v) is 8.09. The van der Waals surface area contributed by atoms with E-state index >= 15 is 0 Å². The lowest BCUT2D eigenvalue weighted by molar-refractivity contribution is -0.140. The van der Waals surface area contributed by atoms with Gasteiger partial charge in [0.15, 0.2) is 5.60 Å². The smallest absolute Gasteiger partial charge is 0.257 e. The van der Waals surface area contributed by atoms with E-state index in [1.54, 1.807) is 4.90 Å². The van der Waals surface area contributed by atoms with Crippen LogP contribution in [0.3, 0.4) is 0 Å². The summed E-state index contributed by atoms with van der Waals surface area (Å²) in [5, 5.41) is 0. The third-order valence-corrected chi connectivity index (χ3v) is 6.34. The molecule has 164 valence electrons. The minimum Gasteiger partial charge on any atom is -0.479 e. The van der Waals surface area contributed by atoms with Crippen LogP contribution in [-0.2, 0) is 9.53 Å². The molecule has 0 aliphatic carbocycles. The predicted octanol–water partition coefficient (Wildman–Crippen LogP) is 2.96. The summed E-state index contributed by atoms with van der Waals surface area (Å²) in [6, 6.07) is 2.96. The number of anilines is 1. The molecule has 3 saturated heterocycles. The summed E-state index contributed by atoms with van der Waals surface area (Å²) < 4.78 is 52.2. The summed E-state index contributed by atoms with van der Waals surface area (Å²) in [6.45, 7) is 0.890. The van der Waals surface area contributed by atoms with Crippen LogP contribution in [-0.4, -0.2) is 52.8 Å². The van der Waals surface area contributed by atoms with Gasteiger partial charge >= 0.3 is 0 Å². The van der Waals surface area contributed by atoms with E-state index in [9.17, 15) is 18.0 Å². The average molecular weight is 434 g/mol. The van der Waals surface area contributed by atoms with Gasteiger partial charge in [0.1, 0.15) is 17.9 Å². The summed E-state index contributed by atoms with van der Waals surface area (Å²) in [6.07, 6.45) is 2.67. The summed E-state index contributed by atoms with van der Waals surface area (Å²) in [5.74, 6) is -1.93. The number of hydrogen-bond acceptors (Lipinski definition) is 6. The zero-order chi connectivity index (χ0) is 21.8. The van der Waals surface area contributed by atoms with E-state index in [0.717, 1.165) is 12.3 Å². The Morgan fingerprint density at radius 1 is 1.13 bits per heavy atom. The van der Waals surface area contributed by atoms with Crippen molar-refractivity contribution in [2.24, 2.45) is 0 Å². The number of amides is 1. The molecule has 10 heteroatoms. The lowest BCUT2D eigenvalue weighted by Gasteiger charge is -2.37. The van der Waals surface area contributed by atoms with Gasteiger partial charge in [-0.3, -0.25) is 4.79 Å². The number of aromatic nitrogens is 2. The fraction of sp³-hybridized carbons (Fsp3) is 0.476. The predicted molar refractivity (Wildman–Crippen MR) is 103 cm³/mol. The topological polar surface area (TPSA) is 67.8 Å². The highest BCUT2D eigenvalue weighted by Gasteiger charge is 2.58. The molecule has 0 N–H and O–H groups in total. The van der Waals surface area contributed by atoms with Crippen LogP contribution in [0.4, 0.5) is 19.1 Å². The lowest BCUT2D eigenvalue weighted by Crippen LogP contribution is -2.50. The maximum absolute atomic E-state index is 13.7. The molecule has 7 nitrogen and oxygen atoms in total. The monoisotopic (exact) mass is 434 g/mol. The first-order valence-corrected chi connectivity index (χ1v) is 10.2. The van der Waals surface area contributed by atoms with Gasteiger partial charge in [-0.15, -0.1) is 0 Å². The number of carbonyl (C=O) groups excluding carboxylic acids is 1. The normalized spacial score (nSPS) is 24.7. The van der Waals surface area contributed by atoms with Gasteiger partial charge in [0.2, 0.25) is 11.8 Å². The maximum Gasteiger partial charge on any atom is 0.257 e. The number of hydrogen-bond donors (Lipinski definition) is 0. The highest BCUT2D eigenvalue weighted by Crippen LogP contribution is 2.48. The van der Waals surface area contributed by atoms with Crippen molar-refractivity contribution in [1.82, 2.24) is 14.9 Å². The fourth-order valence-corrected chi connectivity index (χ4v) is 4.85. The minimum atomic E-state index is -0.976. The molecule has 1 aromatic heterocycles. The Hall–Kier alpha value is -2.88. The number of fused-ring (bicyclic) bond motifs is 1. The van der Waals surface area contributed by atoms with E-state index in [1.165, 1.54) is 19.2 Å². The SMILES string of the molecule is COc1nc(N2CCC3(CC2)O[C@@H]2CC[C@@H](c4cc(F)cc(F)c4)N2C3=O)ncc1F. The Bertz CT molecular complexity index is 1010. The number of methoxy groups -OCH3 is 1. The van der Waals surface area contributed by atoms with E-state index < -0.39 is 35.3 Å². The molecule has 1 spiro atoms. The van der Waals surface area contributed by atoms with E-state index in [0.29, 0.717) is 50.3 Å². The van der Waals surface area contributed by atoms with Gasteiger partial charge in [0.25, 0.3) is 11.8 Å². The van der Waals surface area contributed by atoms with Gasteiger partial charge in [0, 0.05) is 32.0 Å². The zero-order valence-corrected chi connectivity index (χ0v) is 16.9. The van der Waals surface area contributed by atoms with Crippen LogP contribution in [0.25, 0.3) is 0 Å². The van der Waals surface area contributed by atoms with Crippen molar-refractivity contribution in [2.75, 3.05) is 25.1 Å². The van der Waals surface area contributed by atoms with E-state index in [2.05, 4.69) is 9.97 Å². The number of ether oxygens (including phenoxy) is 2. The Kier molecular flexibility index (Phi) is 4.76. The molecule has 0 bridgehead atoms. The molecule has 1 amide bonds. The highest BCUT2D eigenvalue weighted by atomic mass is 19.1. The number of carbonyl (C=O) groups is 1. The van der Waals surface area contributed by atoms with Crippen LogP contribution >= 0.6 is 0 Å². The van der Waals surface area contributed by atoms with Crippen molar-refractivity contribution in [3.63, 3.8) is 0 Å². The first-order chi connectivity index (χ1) is 14.9. The number of nitrogens with zero attached hydrogens (tertiary/aromatic N) is 4. The van der Waals surface area contributed by atoms with Gasteiger partial charge in [-0.05, 0) is 30.5 Å². The van der Waals surface area contributed by atoms with E-state index in [1.807, 2.05) is 4.90 Å². The molecule has 0 unspecified atom stereocenters. The van der Waals surface area contributed by atoms with Crippen molar-refractivity contribution < 1.29 is 27.4 Å². The Morgan fingerprint density at radius 3 is 2.52 bits per heavy atom. The van der Waals surface area contributed by atoms with Gasteiger partial charge in [-0.25, -0.2) is 13.8 Å². The molecule has 3 fully saturated rings. The van der Waals surface area contributed by atoms with Crippen LogP contribution < -0.4 is 9.64 Å². The quantitative estimate of drug-likeness (QED) is 0.740. The second-order valence-electron chi connectivity index (χ2n) is 8.09. The molecule has 2 atom stereocenters. The van der Waals surface area contributed by atoms with Crippen molar-refractivity contribution in [3.8, 4) is 5.88 Å². The molecular weight excluding hydrogens is 413 g/mol. The summed E-state index contributed by atoms with van der Waals surface area (Å²) >= 11 is 0. The highest BCUT2D eigenvalue weighted by molar-refractivity contribution is 5.88. The fourth-order valence-electron chi connectivity index (χ4n) is 4.85. The third kappa shape index (κ3) is 3.29. The van der Waals surface area contributed by atoms with E-state index in [-0.39, 0.29) is 11.8 Å². The molecule has 0 radical (unpaired) electrons. The first-order valence-electron chi connectivity index (χ1n) is 10.2. The molecular formula is C21H21F3N4O3. The van der Waals surface area contributed by atoms with Gasteiger partial charge in [-0.2, -0.15) is 9.37 Å². The Morgan fingerprint density at radius 2 is 1.84 bits per heavy atom. The van der Waals surface area contributed by atoms with Crippen molar-refractivity contribution in [1.29, 1.82) is 0 Å². The molecule has 0 saturated carbocycles. The van der Waals surface area contributed by atoms with Crippen LogP contribution in [0.2, 0.25) is 0 Å². The summed E-state index contributed by atoms with van der Waals surface area (Å²) in [5.41, 5.74) is -0.534.